The molecule has 3 aromatic carbocycles. The predicted molar refractivity (Wildman–Crippen MR) is 159 cm³/mol. The van der Waals surface area contributed by atoms with Crippen molar-refractivity contribution in [2.24, 2.45) is 0 Å². The van der Waals surface area contributed by atoms with Gasteiger partial charge in [0.05, 0.1) is 18.4 Å². The molecule has 48 heavy (non-hydrogen) atoms. The molecular formula is C32H27F6N5O5. The topological polar surface area (TPSA) is 106 Å². The molecule has 0 saturated heterocycles. The summed E-state index contributed by atoms with van der Waals surface area (Å²) in [4.78, 5) is 42.4. The molecule has 0 atom stereocenters. The number of amides is 3. The van der Waals surface area contributed by atoms with Gasteiger partial charge in [0.25, 0.3) is 17.7 Å². The summed E-state index contributed by atoms with van der Waals surface area (Å²) < 4.78 is 90.7. The lowest BCUT2D eigenvalue weighted by atomic mass is 10.0. The molecule has 0 fully saturated rings. The minimum Gasteiger partial charge on any atom is -0.497 e. The Hall–Kier alpha value is -5.54. The van der Waals surface area contributed by atoms with Gasteiger partial charge in [0.1, 0.15) is 17.2 Å². The number of nitrogens with one attached hydrogen (secondary N) is 1. The van der Waals surface area contributed by atoms with E-state index in [1.165, 1.54) is 71.5 Å². The van der Waals surface area contributed by atoms with Crippen LogP contribution in [0.3, 0.4) is 0 Å². The van der Waals surface area contributed by atoms with Crippen LogP contribution in [0, 0.1) is 0 Å². The Morgan fingerprint density at radius 3 is 2.29 bits per heavy atom. The molecule has 3 amide bonds. The van der Waals surface area contributed by atoms with Crippen LogP contribution in [0.15, 0.2) is 66.7 Å². The maximum absolute atomic E-state index is 14.2. The van der Waals surface area contributed by atoms with Crippen molar-refractivity contribution in [3.63, 3.8) is 0 Å². The van der Waals surface area contributed by atoms with Gasteiger partial charge in [-0.05, 0) is 66.6 Å². The molecule has 10 nitrogen and oxygen atoms in total. The first-order valence-corrected chi connectivity index (χ1v) is 14.2. The summed E-state index contributed by atoms with van der Waals surface area (Å²) in [5, 5.41) is 6.31. The predicted octanol–water partition coefficient (Wildman–Crippen LogP) is 5.63. The van der Waals surface area contributed by atoms with Gasteiger partial charge in [-0.25, -0.2) is 4.68 Å². The van der Waals surface area contributed by atoms with Gasteiger partial charge in [0, 0.05) is 44.0 Å². The van der Waals surface area contributed by atoms with E-state index in [4.69, 9.17) is 4.74 Å². The van der Waals surface area contributed by atoms with Crippen LogP contribution in [-0.2, 0) is 19.1 Å². The second kappa shape index (κ2) is 12.9. The van der Waals surface area contributed by atoms with Crippen molar-refractivity contribution in [1.29, 1.82) is 0 Å². The Balaban J connectivity index is 1.52. The first-order valence-electron chi connectivity index (χ1n) is 14.2. The van der Waals surface area contributed by atoms with Crippen LogP contribution in [-0.4, -0.2) is 66.5 Å². The molecule has 252 valence electrons. The highest BCUT2D eigenvalue weighted by atomic mass is 19.4. The van der Waals surface area contributed by atoms with Gasteiger partial charge in [-0.3, -0.25) is 14.4 Å². The Morgan fingerprint density at radius 2 is 1.67 bits per heavy atom. The van der Waals surface area contributed by atoms with Crippen LogP contribution in [0.5, 0.6) is 11.5 Å². The van der Waals surface area contributed by atoms with E-state index in [-0.39, 0.29) is 53.5 Å². The zero-order valence-electron chi connectivity index (χ0n) is 25.6. The number of nitrogens with zero attached hydrogens (tertiary/aromatic N) is 4. The zero-order valence-corrected chi connectivity index (χ0v) is 25.6. The Kier molecular flexibility index (Phi) is 9.11. The molecule has 0 spiro atoms. The van der Waals surface area contributed by atoms with Crippen molar-refractivity contribution in [2.75, 3.05) is 32.6 Å². The average Bonchev–Trinajstić information content (AvgIpc) is 3.44. The number of methoxy groups -OCH3 is 1. The third-order valence-corrected chi connectivity index (χ3v) is 7.38. The first-order chi connectivity index (χ1) is 22.6. The van der Waals surface area contributed by atoms with Crippen molar-refractivity contribution in [2.45, 2.75) is 25.5 Å². The summed E-state index contributed by atoms with van der Waals surface area (Å²) in [7, 11) is 4.45. The van der Waals surface area contributed by atoms with E-state index in [1.54, 1.807) is 14.1 Å². The number of hydrogen-bond donors (Lipinski definition) is 1. The van der Waals surface area contributed by atoms with Crippen molar-refractivity contribution in [3.8, 4) is 17.2 Å². The molecule has 1 aliphatic rings. The standard InChI is InChI=1S/C32H27F6N5O5/c1-41(2)29(45)19-7-9-20(10-8-19)42-14-13-23-26(30(42)46)43(40-27(23)31(33,34)35)25-12-11-21(47-3)16-24(25)28(44)39-17-18-5-4-6-22(15-18)48-32(36,37)38/h4-12,15-16H,13-14,17H2,1-3H3,(H,39,44). The molecule has 4 aromatic rings. The summed E-state index contributed by atoms with van der Waals surface area (Å²) in [5.74, 6) is -2.31. The summed E-state index contributed by atoms with van der Waals surface area (Å²) in [6.07, 6.45) is -10.1. The third-order valence-electron chi connectivity index (χ3n) is 7.38. The monoisotopic (exact) mass is 675 g/mol. The second-order valence-corrected chi connectivity index (χ2v) is 10.8. The number of carbonyl (C=O) groups is 3. The molecule has 0 unspecified atom stereocenters. The van der Waals surface area contributed by atoms with Gasteiger partial charge < -0.3 is 24.6 Å². The van der Waals surface area contributed by atoms with E-state index in [0.29, 0.717) is 11.3 Å². The number of anilines is 1. The molecule has 0 aliphatic carbocycles. The summed E-state index contributed by atoms with van der Waals surface area (Å²) >= 11 is 0. The fourth-order valence-corrected chi connectivity index (χ4v) is 5.19. The molecule has 1 aromatic heterocycles. The lowest BCUT2D eigenvalue weighted by Crippen LogP contribution is -2.39. The third kappa shape index (κ3) is 7.06. The lowest BCUT2D eigenvalue weighted by Gasteiger charge is -2.28. The number of carbonyl (C=O) groups excluding carboxylic acids is 3. The van der Waals surface area contributed by atoms with Gasteiger partial charge >= 0.3 is 12.5 Å². The molecule has 0 radical (unpaired) electrons. The Bertz CT molecular complexity index is 1870. The molecule has 16 heteroatoms. The number of aromatic nitrogens is 2. The molecule has 0 saturated carbocycles. The van der Waals surface area contributed by atoms with Gasteiger partial charge in [-0.2, -0.15) is 18.3 Å². The minimum absolute atomic E-state index is 0.116. The maximum Gasteiger partial charge on any atom is 0.573 e. The highest BCUT2D eigenvalue weighted by Crippen LogP contribution is 2.38. The van der Waals surface area contributed by atoms with E-state index < -0.39 is 41.5 Å². The number of benzene rings is 3. The van der Waals surface area contributed by atoms with Crippen molar-refractivity contribution in [3.05, 3.63) is 100 Å². The number of fused-ring (bicyclic) bond motifs is 1. The normalized spacial score (nSPS) is 13.2. The fourth-order valence-electron chi connectivity index (χ4n) is 5.19. The van der Waals surface area contributed by atoms with Gasteiger partial charge in [0.2, 0.25) is 0 Å². The number of hydrogen-bond acceptors (Lipinski definition) is 6. The number of rotatable bonds is 8. The second-order valence-electron chi connectivity index (χ2n) is 10.8. The zero-order chi connectivity index (χ0) is 35.0. The number of ether oxygens (including phenoxy) is 2. The lowest BCUT2D eigenvalue weighted by molar-refractivity contribution is -0.274. The van der Waals surface area contributed by atoms with Crippen LogP contribution in [0.2, 0.25) is 0 Å². The molecule has 0 bridgehead atoms. The van der Waals surface area contributed by atoms with Crippen molar-refractivity contribution >= 4 is 23.4 Å². The number of halogens is 6. The molecule has 2 heterocycles. The maximum atomic E-state index is 14.2. The smallest absolute Gasteiger partial charge is 0.497 e. The molecular weight excluding hydrogens is 648 g/mol. The van der Waals surface area contributed by atoms with Crippen LogP contribution in [0.4, 0.5) is 32.0 Å². The molecule has 1 N–H and O–H groups in total. The Labute approximate surface area is 269 Å². The van der Waals surface area contributed by atoms with E-state index in [9.17, 15) is 40.7 Å². The molecule has 5 rings (SSSR count). The first kappa shape index (κ1) is 33.8. The largest absolute Gasteiger partial charge is 0.573 e. The van der Waals surface area contributed by atoms with Crippen molar-refractivity contribution < 1.29 is 50.2 Å². The van der Waals surface area contributed by atoms with E-state index >= 15 is 0 Å². The summed E-state index contributed by atoms with van der Waals surface area (Å²) in [5.41, 5.74) is -1.58. The number of alkyl halides is 6. The van der Waals surface area contributed by atoms with Gasteiger partial charge in [-0.1, -0.05) is 12.1 Å². The van der Waals surface area contributed by atoms with E-state index in [0.717, 1.165) is 16.8 Å². The quantitative estimate of drug-likeness (QED) is 0.243. The van der Waals surface area contributed by atoms with Crippen LogP contribution >= 0.6 is 0 Å². The Morgan fingerprint density at radius 1 is 0.958 bits per heavy atom. The summed E-state index contributed by atoms with van der Waals surface area (Å²) in [6, 6.07) is 14.8. The van der Waals surface area contributed by atoms with Crippen LogP contribution < -0.4 is 19.7 Å². The fraction of sp³-hybridized carbons (Fsp3) is 0.250. The highest BCUT2D eigenvalue weighted by Gasteiger charge is 2.44. The minimum atomic E-state index is -4.94. The SMILES string of the molecule is COc1ccc(-n2nc(C(F)(F)F)c3c2C(=O)N(c2ccc(C(=O)N(C)C)cc2)CC3)c(C(=O)NCc2cccc(OC(F)(F)F)c2)c1. The van der Waals surface area contributed by atoms with Crippen molar-refractivity contribution in [1.82, 2.24) is 20.0 Å². The van der Waals surface area contributed by atoms with Gasteiger partial charge in [-0.15, -0.1) is 13.2 Å². The van der Waals surface area contributed by atoms with E-state index in [2.05, 4.69) is 15.2 Å². The van der Waals surface area contributed by atoms with E-state index in [1.807, 2.05) is 0 Å². The highest BCUT2D eigenvalue weighted by molar-refractivity contribution is 6.08. The van der Waals surface area contributed by atoms with Gasteiger partial charge in [0.15, 0.2) is 5.69 Å². The van der Waals surface area contributed by atoms with Crippen LogP contribution in [0.1, 0.15) is 48.0 Å². The average molecular weight is 676 g/mol. The molecule has 1 aliphatic heterocycles. The van der Waals surface area contributed by atoms with Crippen LogP contribution in [0.25, 0.3) is 5.69 Å². The summed E-state index contributed by atoms with van der Waals surface area (Å²) in [6.45, 7) is -0.400.